The fourth-order valence-corrected chi connectivity index (χ4v) is 1.19. The zero-order valence-electron chi connectivity index (χ0n) is 5.17. The molecule has 1 aliphatic rings. The van der Waals surface area contributed by atoms with Crippen LogP contribution >= 0.6 is 11.8 Å². The third-order valence-corrected chi connectivity index (χ3v) is 1.83. The molecule has 0 amide bonds. The quantitative estimate of drug-likeness (QED) is 0.599. The molecule has 0 aliphatic carbocycles. The second-order valence-electron chi connectivity index (χ2n) is 1.63. The summed E-state index contributed by atoms with van der Waals surface area (Å²) >= 11 is 1.59. The smallest absolute Gasteiger partial charge is 0.245 e. The molecule has 0 aromatic rings. The highest BCUT2D eigenvalue weighted by molar-refractivity contribution is 8.13. The normalized spacial score (nSPS) is 17.2. The minimum Gasteiger partial charge on any atom is -0.471 e. The number of thioether (sulfide) groups is 1. The lowest BCUT2D eigenvalue weighted by Crippen LogP contribution is -2.04. The number of hydrogen-bond donors (Lipinski definition) is 1. The lowest BCUT2D eigenvalue weighted by molar-refractivity contribution is 0.356. The Morgan fingerprint density at radius 1 is 1.78 bits per heavy atom. The van der Waals surface area contributed by atoms with E-state index in [1.165, 1.54) is 0 Å². The van der Waals surface area contributed by atoms with Crippen molar-refractivity contribution in [1.29, 1.82) is 0 Å². The van der Waals surface area contributed by atoms with Crippen LogP contribution in [0.15, 0.2) is 4.99 Å². The zero-order valence-corrected chi connectivity index (χ0v) is 5.99. The highest BCUT2D eigenvalue weighted by Crippen LogP contribution is 2.08. The molecule has 0 spiro atoms. The molecule has 0 bridgehead atoms. The first kappa shape index (κ1) is 6.89. The summed E-state index contributed by atoms with van der Waals surface area (Å²) in [5.74, 6) is 0.902. The van der Waals surface area contributed by atoms with Gasteiger partial charge >= 0.3 is 0 Å². The van der Waals surface area contributed by atoms with E-state index in [0.29, 0.717) is 6.54 Å². The van der Waals surface area contributed by atoms with E-state index in [-0.39, 0.29) is 0 Å². The monoisotopic (exact) mass is 146 g/mol. The summed E-state index contributed by atoms with van der Waals surface area (Å²) in [6.07, 6.45) is 0. The average Bonchev–Trinajstić information content (AvgIpc) is 2.34. The van der Waals surface area contributed by atoms with Crippen LogP contribution in [0.1, 0.15) is 0 Å². The molecule has 0 aromatic heterocycles. The molecule has 1 aliphatic heterocycles. The predicted octanol–water partition coefficient (Wildman–Crippen LogP) is 0.0645. The lowest BCUT2D eigenvalue weighted by Gasteiger charge is -1.96. The molecule has 1 heterocycles. The summed E-state index contributed by atoms with van der Waals surface area (Å²) < 4.78 is 5.11. The molecule has 3 nitrogen and oxygen atoms in total. The maximum atomic E-state index is 5.28. The molecule has 52 valence electrons. The summed E-state index contributed by atoms with van der Waals surface area (Å²) in [5, 5.41) is 0.806. The van der Waals surface area contributed by atoms with Crippen molar-refractivity contribution in [2.24, 2.45) is 10.7 Å². The van der Waals surface area contributed by atoms with Crippen LogP contribution in [-0.2, 0) is 4.74 Å². The van der Waals surface area contributed by atoms with Crippen molar-refractivity contribution in [3.05, 3.63) is 0 Å². The Labute approximate surface area is 58.7 Å². The summed E-state index contributed by atoms with van der Waals surface area (Å²) in [6, 6.07) is 0. The average molecular weight is 146 g/mol. The van der Waals surface area contributed by atoms with Crippen molar-refractivity contribution in [3.8, 4) is 0 Å². The summed E-state index contributed by atoms with van der Waals surface area (Å²) in [4.78, 5) is 4.08. The number of nitrogens with zero attached hydrogens (tertiary/aromatic N) is 1. The molecule has 0 unspecified atom stereocenters. The van der Waals surface area contributed by atoms with Crippen LogP contribution in [0, 0.1) is 0 Å². The van der Waals surface area contributed by atoms with Crippen molar-refractivity contribution < 1.29 is 4.74 Å². The van der Waals surface area contributed by atoms with E-state index in [9.17, 15) is 0 Å². The Balaban J connectivity index is 2.11. The van der Waals surface area contributed by atoms with E-state index in [2.05, 4.69) is 4.99 Å². The molecule has 0 radical (unpaired) electrons. The number of rotatable bonds is 2. The second-order valence-corrected chi connectivity index (χ2v) is 2.68. The van der Waals surface area contributed by atoms with Gasteiger partial charge in [0, 0.05) is 12.3 Å². The lowest BCUT2D eigenvalue weighted by atomic mass is 10.8. The largest absolute Gasteiger partial charge is 0.471 e. The highest BCUT2D eigenvalue weighted by Gasteiger charge is 2.05. The number of nitrogens with two attached hydrogens (primary N) is 1. The molecule has 0 aromatic carbocycles. The minimum atomic E-state index is 0.688. The Bertz CT molecular complexity index is 116. The molecule has 2 N–H and O–H groups in total. The van der Waals surface area contributed by atoms with Crippen LogP contribution in [0.25, 0.3) is 0 Å². The van der Waals surface area contributed by atoms with Crippen molar-refractivity contribution in [3.63, 3.8) is 0 Å². The highest BCUT2D eigenvalue weighted by atomic mass is 32.2. The van der Waals surface area contributed by atoms with Gasteiger partial charge in [0.05, 0.1) is 6.54 Å². The fourth-order valence-electron chi connectivity index (χ4n) is 0.549. The van der Waals surface area contributed by atoms with Crippen molar-refractivity contribution in [2.45, 2.75) is 0 Å². The van der Waals surface area contributed by atoms with Gasteiger partial charge in [0.15, 0.2) is 0 Å². The summed E-state index contributed by atoms with van der Waals surface area (Å²) in [7, 11) is 0. The number of hydrogen-bond acceptors (Lipinski definition) is 4. The molecular formula is C5H10N2OS. The van der Waals surface area contributed by atoms with Crippen LogP contribution in [0.5, 0.6) is 0 Å². The molecule has 0 fully saturated rings. The van der Waals surface area contributed by atoms with Gasteiger partial charge in [-0.25, -0.2) is 4.99 Å². The first-order valence-electron chi connectivity index (χ1n) is 2.93. The third-order valence-electron chi connectivity index (χ3n) is 0.901. The van der Waals surface area contributed by atoms with E-state index < -0.39 is 0 Å². The molecular weight excluding hydrogens is 136 g/mol. The van der Waals surface area contributed by atoms with Crippen LogP contribution in [0.3, 0.4) is 0 Å². The van der Waals surface area contributed by atoms with Crippen LogP contribution in [0.4, 0.5) is 0 Å². The number of aliphatic imine (C=N–C) groups is 1. The van der Waals surface area contributed by atoms with Crippen molar-refractivity contribution in [1.82, 2.24) is 0 Å². The third kappa shape index (κ3) is 2.24. The van der Waals surface area contributed by atoms with Gasteiger partial charge in [-0.3, -0.25) is 0 Å². The topological polar surface area (TPSA) is 47.6 Å². The van der Waals surface area contributed by atoms with Gasteiger partial charge in [0.25, 0.3) is 0 Å². The van der Waals surface area contributed by atoms with E-state index >= 15 is 0 Å². The molecule has 4 heteroatoms. The molecule has 0 saturated carbocycles. The van der Waals surface area contributed by atoms with Gasteiger partial charge in [-0.15, -0.1) is 0 Å². The van der Waals surface area contributed by atoms with E-state index in [0.717, 1.165) is 24.1 Å². The standard InChI is InChI=1S/C5H10N2OS/c6-1-4-9-5-7-2-3-8-5/h1-4,6H2. The number of ether oxygens (including phenoxy) is 1. The Morgan fingerprint density at radius 2 is 2.67 bits per heavy atom. The minimum absolute atomic E-state index is 0.688. The van der Waals surface area contributed by atoms with Gasteiger partial charge in [-0.2, -0.15) is 0 Å². The van der Waals surface area contributed by atoms with Crippen LogP contribution < -0.4 is 5.73 Å². The predicted molar refractivity (Wildman–Crippen MR) is 39.8 cm³/mol. The van der Waals surface area contributed by atoms with Crippen molar-refractivity contribution >= 4 is 17.0 Å². The molecule has 0 saturated heterocycles. The van der Waals surface area contributed by atoms with E-state index in [1.807, 2.05) is 0 Å². The summed E-state index contributed by atoms with van der Waals surface area (Å²) in [6.45, 7) is 2.24. The van der Waals surface area contributed by atoms with E-state index in [4.69, 9.17) is 10.5 Å². The maximum Gasteiger partial charge on any atom is 0.245 e. The molecule has 9 heavy (non-hydrogen) atoms. The first-order valence-corrected chi connectivity index (χ1v) is 3.92. The first-order chi connectivity index (χ1) is 4.43. The van der Waals surface area contributed by atoms with Crippen molar-refractivity contribution in [2.75, 3.05) is 25.4 Å². The summed E-state index contributed by atoms with van der Waals surface area (Å²) in [5.41, 5.74) is 5.28. The fraction of sp³-hybridized carbons (Fsp3) is 0.800. The molecule has 1 rings (SSSR count). The molecule has 0 atom stereocenters. The Kier molecular flexibility index (Phi) is 2.86. The van der Waals surface area contributed by atoms with Gasteiger partial charge in [-0.1, -0.05) is 11.8 Å². The maximum absolute atomic E-state index is 5.28. The Hall–Kier alpha value is -0.220. The van der Waals surface area contributed by atoms with Crippen LogP contribution in [-0.4, -0.2) is 30.7 Å². The second kappa shape index (κ2) is 3.74. The van der Waals surface area contributed by atoms with Gasteiger partial charge < -0.3 is 10.5 Å². The zero-order chi connectivity index (χ0) is 6.53. The van der Waals surface area contributed by atoms with Gasteiger partial charge in [-0.05, 0) is 0 Å². The van der Waals surface area contributed by atoms with Gasteiger partial charge in [0.1, 0.15) is 6.61 Å². The van der Waals surface area contributed by atoms with Crippen LogP contribution in [0.2, 0.25) is 0 Å². The van der Waals surface area contributed by atoms with E-state index in [1.54, 1.807) is 11.8 Å². The SMILES string of the molecule is NCCSC1=NCCO1. The van der Waals surface area contributed by atoms with Gasteiger partial charge in [0.2, 0.25) is 5.23 Å². The Morgan fingerprint density at radius 3 is 3.22 bits per heavy atom.